The van der Waals surface area contributed by atoms with Crippen molar-refractivity contribution in [2.45, 2.75) is 30.7 Å². The van der Waals surface area contributed by atoms with Gasteiger partial charge in [0.2, 0.25) is 0 Å². The number of rotatable bonds is 9. The number of nitrogens with one attached hydrogen (secondary N) is 2. The molecule has 0 aliphatic rings. The Labute approximate surface area is 181 Å². The normalized spacial score (nSPS) is 12.9. The van der Waals surface area contributed by atoms with Crippen LogP contribution >= 0.6 is 11.6 Å². The number of hydrogen-bond donors (Lipinski definition) is 5. The SMILES string of the molecule is Nc1cc(CC(Cl)c2c[nH]c3ncncc23)ccc1C(=O)N[C@@H](CCC(=O)O)C(=O)O. The predicted molar refractivity (Wildman–Crippen MR) is 113 cm³/mol. The molecule has 2 atom stereocenters. The molecule has 1 amide bonds. The number of nitrogen functional groups attached to an aromatic ring is 1. The number of aromatic nitrogens is 3. The van der Waals surface area contributed by atoms with Gasteiger partial charge in [0, 0.05) is 29.9 Å². The van der Waals surface area contributed by atoms with Crippen molar-refractivity contribution in [3.05, 3.63) is 53.6 Å². The molecule has 3 aromatic rings. The minimum absolute atomic E-state index is 0.0944. The number of alkyl halides is 1. The summed E-state index contributed by atoms with van der Waals surface area (Å²) in [5.41, 5.74) is 8.55. The smallest absolute Gasteiger partial charge is 0.326 e. The lowest BCUT2D eigenvalue weighted by atomic mass is 10.0. The summed E-state index contributed by atoms with van der Waals surface area (Å²) in [6.07, 6.45) is 4.68. The van der Waals surface area contributed by atoms with Gasteiger partial charge in [-0.25, -0.2) is 14.8 Å². The summed E-state index contributed by atoms with van der Waals surface area (Å²) < 4.78 is 0. The first-order chi connectivity index (χ1) is 14.8. The van der Waals surface area contributed by atoms with E-state index in [2.05, 4.69) is 20.3 Å². The van der Waals surface area contributed by atoms with Crippen LogP contribution in [0.15, 0.2) is 36.9 Å². The van der Waals surface area contributed by atoms with Crippen LogP contribution in [0, 0.1) is 0 Å². The highest BCUT2D eigenvalue weighted by molar-refractivity contribution is 6.21. The molecular weight excluding hydrogens is 426 g/mol. The number of H-pyrrole nitrogens is 1. The largest absolute Gasteiger partial charge is 0.481 e. The molecule has 0 aliphatic heterocycles. The van der Waals surface area contributed by atoms with Crippen LogP contribution in [0.4, 0.5) is 5.69 Å². The van der Waals surface area contributed by atoms with Crippen molar-refractivity contribution < 1.29 is 24.6 Å². The Kier molecular flexibility index (Phi) is 6.71. The number of carbonyl (C=O) groups excluding carboxylic acids is 1. The number of anilines is 1. The maximum absolute atomic E-state index is 12.4. The zero-order valence-corrected chi connectivity index (χ0v) is 17.0. The first-order valence-corrected chi connectivity index (χ1v) is 9.74. The van der Waals surface area contributed by atoms with Crippen molar-refractivity contribution in [3.63, 3.8) is 0 Å². The minimum atomic E-state index is -1.33. The van der Waals surface area contributed by atoms with Gasteiger partial charge in [0.1, 0.15) is 18.0 Å². The van der Waals surface area contributed by atoms with E-state index in [1.165, 1.54) is 12.4 Å². The zero-order valence-electron chi connectivity index (χ0n) is 16.2. The van der Waals surface area contributed by atoms with E-state index in [9.17, 15) is 19.5 Å². The number of carboxylic acid groups (broad SMARTS) is 2. The predicted octanol–water partition coefficient (Wildman–Crippen LogP) is 2.11. The van der Waals surface area contributed by atoms with E-state index >= 15 is 0 Å². The molecule has 3 rings (SSSR count). The molecule has 0 spiro atoms. The molecule has 1 aromatic carbocycles. The summed E-state index contributed by atoms with van der Waals surface area (Å²) in [6.45, 7) is 0. The van der Waals surface area contributed by atoms with Crippen molar-refractivity contribution in [1.82, 2.24) is 20.3 Å². The number of fused-ring (bicyclic) bond motifs is 1. The third-order valence-electron chi connectivity index (χ3n) is 4.75. The molecule has 31 heavy (non-hydrogen) atoms. The van der Waals surface area contributed by atoms with Crippen molar-refractivity contribution in [1.29, 1.82) is 0 Å². The maximum Gasteiger partial charge on any atom is 0.326 e. The third-order valence-corrected chi connectivity index (χ3v) is 5.14. The molecule has 1 unspecified atom stereocenters. The third kappa shape index (κ3) is 5.28. The van der Waals surface area contributed by atoms with Crippen LogP contribution in [-0.4, -0.2) is 49.1 Å². The van der Waals surface area contributed by atoms with E-state index in [0.717, 1.165) is 16.5 Å². The summed E-state index contributed by atoms with van der Waals surface area (Å²) in [7, 11) is 0. The summed E-state index contributed by atoms with van der Waals surface area (Å²) in [6, 6.07) is 3.43. The van der Waals surface area contributed by atoms with Crippen LogP contribution < -0.4 is 11.1 Å². The Morgan fingerprint density at radius 1 is 1.26 bits per heavy atom. The molecule has 162 valence electrons. The van der Waals surface area contributed by atoms with Crippen molar-refractivity contribution >= 4 is 46.2 Å². The van der Waals surface area contributed by atoms with Gasteiger partial charge in [-0.15, -0.1) is 11.6 Å². The number of carboxylic acids is 2. The number of benzene rings is 1. The van der Waals surface area contributed by atoms with Crippen LogP contribution in [0.2, 0.25) is 0 Å². The van der Waals surface area contributed by atoms with Gasteiger partial charge in [-0.1, -0.05) is 6.07 Å². The van der Waals surface area contributed by atoms with Gasteiger partial charge in [0.15, 0.2) is 0 Å². The Morgan fingerprint density at radius 3 is 2.71 bits per heavy atom. The monoisotopic (exact) mass is 445 g/mol. The van der Waals surface area contributed by atoms with Crippen LogP contribution in [0.5, 0.6) is 0 Å². The van der Waals surface area contributed by atoms with E-state index in [-0.39, 0.29) is 24.1 Å². The van der Waals surface area contributed by atoms with Crippen molar-refractivity contribution in [2.24, 2.45) is 0 Å². The Hall–Kier alpha value is -3.66. The van der Waals surface area contributed by atoms with Gasteiger partial charge in [0.05, 0.1) is 10.9 Å². The Bertz CT molecular complexity index is 1130. The van der Waals surface area contributed by atoms with Crippen LogP contribution in [0.1, 0.15) is 39.7 Å². The van der Waals surface area contributed by atoms with Crippen LogP contribution in [0.25, 0.3) is 11.0 Å². The molecular formula is C20H20ClN5O5. The van der Waals surface area contributed by atoms with E-state index in [4.69, 9.17) is 22.4 Å². The average Bonchev–Trinajstić information content (AvgIpc) is 3.15. The molecule has 0 radical (unpaired) electrons. The average molecular weight is 446 g/mol. The summed E-state index contributed by atoms with van der Waals surface area (Å²) in [5.74, 6) is -3.17. The lowest BCUT2D eigenvalue weighted by molar-refractivity contribution is -0.140. The van der Waals surface area contributed by atoms with Gasteiger partial charge in [-0.05, 0) is 36.1 Å². The highest BCUT2D eigenvalue weighted by atomic mass is 35.5. The van der Waals surface area contributed by atoms with Crippen molar-refractivity contribution in [3.8, 4) is 0 Å². The zero-order chi connectivity index (χ0) is 22.5. The number of amides is 1. The van der Waals surface area contributed by atoms with E-state index in [1.807, 2.05) is 0 Å². The van der Waals surface area contributed by atoms with E-state index < -0.39 is 29.3 Å². The van der Waals surface area contributed by atoms with Gasteiger partial charge < -0.3 is 26.2 Å². The number of nitrogens with zero attached hydrogens (tertiary/aromatic N) is 2. The second-order valence-electron chi connectivity index (χ2n) is 6.92. The number of halogens is 1. The summed E-state index contributed by atoms with van der Waals surface area (Å²) in [4.78, 5) is 45.6. The second kappa shape index (κ2) is 9.43. The molecule has 2 aromatic heterocycles. The quantitative estimate of drug-likeness (QED) is 0.246. The fraction of sp³-hybridized carbons (Fsp3) is 0.250. The van der Waals surface area contributed by atoms with Gasteiger partial charge in [0.25, 0.3) is 5.91 Å². The molecule has 6 N–H and O–H groups in total. The first kappa shape index (κ1) is 22.0. The molecule has 2 heterocycles. The fourth-order valence-corrected chi connectivity index (χ4v) is 3.52. The fourth-order valence-electron chi connectivity index (χ4n) is 3.16. The van der Waals surface area contributed by atoms with E-state index in [1.54, 1.807) is 24.5 Å². The van der Waals surface area contributed by atoms with Gasteiger partial charge >= 0.3 is 11.9 Å². The van der Waals surface area contributed by atoms with Crippen molar-refractivity contribution in [2.75, 3.05) is 5.73 Å². The minimum Gasteiger partial charge on any atom is -0.481 e. The standard InChI is InChI=1S/C20H20ClN5O5/c21-14(12-8-24-18-13(12)7-23-9-25-18)5-10-1-2-11(15(22)6-10)19(29)26-16(20(30)31)3-4-17(27)28/h1-2,6-9,14,16H,3-5,22H2,(H,26,29)(H,27,28)(H,30,31)(H,23,24,25)/t14?,16-/m0/s1. The molecule has 0 saturated carbocycles. The lowest BCUT2D eigenvalue weighted by Gasteiger charge is -2.15. The second-order valence-corrected chi connectivity index (χ2v) is 7.45. The maximum atomic E-state index is 12.4. The first-order valence-electron chi connectivity index (χ1n) is 9.31. The Balaban J connectivity index is 1.71. The molecule has 0 fully saturated rings. The molecule has 10 nitrogen and oxygen atoms in total. The number of nitrogens with two attached hydrogens (primary N) is 1. The molecule has 0 saturated heterocycles. The molecule has 0 aliphatic carbocycles. The Morgan fingerprint density at radius 2 is 2.03 bits per heavy atom. The number of hydrogen-bond acceptors (Lipinski definition) is 6. The lowest BCUT2D eigenvalue weighted by Crippen LogP contribution is -2.41. The topological polar surface area (TPSA) is 171 Å². The number of carbonyl (C=O) groups is 3. The molecule has 11 heteroatoms. The highest BCUT2D eigenvalue weighted by Crippen LogP contribution is 2.31. The number of aliphatic carboxylic acids is 2. The van der Waals surface area contributed by atoms with Gasteiger partial charge in [-0.3, -0.25) is 9.59 Å². The number of aromatic amines is 1. The highest BCUT2D eigenvalue weighted by Gasteiger charge is 2.23. The summed E-state index contributed by atoms with van der Waals surface area (Å²) >= 11 is 6.57. The summed E-state index contributed by atoms with van der Waals surface area (Å²) in [5, 5.41) is 20.6. The van der Waals surface area contributed by atoms with E-state index in [0.29, 0.717) is 12.1 Å². The van der Waals surface area contributed by atoms with Crippen LogP contribution in [0.3, 0.4) is 0 Å². The van der Waals surface area contributed by atoms with Gasteiger partial charge in [-0.2, -0.15) is 0 Å². The molecule has 0 bridgehead atoms. The van der Waals surface area contributed by atoms with Crippen LogP contribution in [-0.2, 0) is 16.0 Å².